The van der Waals surface area contributed by atoms with Crippen molar-refractivity contribution in [3.05, 3.63) is 23.4 Å². The SMILES string of the molecule is C#C/C=C(\C)NC(N)=O.CC.CC=C(C)C.CCC. The van der Waals surface area contributed by atoms with Gasteiger partial charge >= 0.3 is 6.03 Å². The van der Waals surface area contributed by atoms with Crippen LogP contribution in [0.1, 0.15) is 61.8 Å². The molecular weight excluding hydrogens is 236 g/mol. The second-order valence-electron chi connectivity index (χ2n) is 3.56. The Kier molecular flexibility index (Phi) is 34.5. The molecule has 0 aliphatic rings. The maximum Gasteiger partial charge on any atom is 0.316 e. The fraction of sp³-hybridized carbons (Fsp3) is 0.562. The zero-order valence-electron chi connectivity index (χ0n) is 13.9. The van der Waals surface area contributed by atoms with E-state index in [1.54, 1.807) is 6.92 Å². The zero-order valence-corrected chi connectivity index (χ0v) is 13.9. The smallest absolute Gasteiger partial charge is 0.316 e. The maximum absolute atomic E-state index is 10.1. The number of allylic oxidation sites excluding steroid dienone is 4. The highest BCUT2D eigenvalue weighted by Crippen LogP contribution is 1.82. The summed E-state index contributed by atoms with van der Waals surface area (Å²) >= 11 is 0. The van der Waals surface area contributed by atoms with Crippen LogP contribution in [0.3, 0.4) is 0 Å². The Bertz CT molecular complexity index is 280. The minimum atomic E-state index is -0.598. The number of hydrogen-bond donors (Lipinski definition) is 2. The Morgan fingerprint density at radius 1 is 1.26 bits per heavy atom. The first-order valence-corrected chi connectivity index (χ1v) is 6.64. The number of carbonyl (C=O) groups is 1. The Hall–Kier alpha value is -1.69. The van der Waals surface area contributed by atoms with Crippen LogP contribution in [0.2, 0.25) is 0 Å². The molecule has 0 atom stereocenters. The quantitative estimate of drug-likeness (QED) is 0.529. The highest BCUT2D eigenvalue weighted by Gasteiger charge is 1.88. The number of urea groups is 1. The Labute approximate surface area is 120 Å². The molecular formula is C16H32N2O. The molecule has 2 amide bonds. The molecule has 19 heavy (non-hydrogen) atoms. The molecule has 0 aliphatic carbocycles. The number of terminal acetylenes is 1. The second-order valence-corrected chi connectivity index (χ2v) is 3.56. The van der Waals surface area contributed by atoms with Gasteiger partial charge in [-0.25, -0.2) is 4.79 Å². The van der Waals surface area contributed by atoms with Crippen molar-refractivity contribution in [3.8, 4) is 12.3 Å². The molecule has 0 radical (unpaired) electrons. The van der Waals surface area contributed by atoms with Gasteiger partial charge in [0.1, 0.15) is 0 Å². The van der Waals surface area contributed by atoms with Crippen LogP contribution in [0.5, 0.6) is 0 Å². The van der Waals surface area contributed by atoms with Crippen molar-refractivity contribution in [2.45, 2.75) is 61.8 Å². The number of nitrogens with two attached hydrogens (primary N) is 1. The van der Waals surface area contributed by atoms with Gasteiger partial charge in [0.05, 0.1) is 0 Å². The van der Waals surface area contributed by atoms with Crippen molar-refractivity contribution in [3.63, 3.8) is 0 Å². The first-order chi connectivity index (χ1) is 8.85. The van der Waals surface area contributed by atoms with Gasteiger partial charge in [-0.15, -0.1) is 6.42 Å². The lowest BCUT2D eigenvalue weighted by molar-refractivity contribution is 0.251. The fourth-order valence-electron chi connectivity index (χ4n) is 0.355. The summed E-state index contributed by atoms with van der Waals surface area (Å²) in [6, 6.07) is -0.598. The van der Waals surface area contributed by atoms with Gasteiger partial charge in [-0.2, -0.15) is 0 Å². The summed E-state index contributed by atoms with van der Waals surface area (Å²) in [7, 11) is 0. The first kappa shape index (κ1) is 26.0. The molecule has 0 aromatic carbocycles. The molecule has 3 N–H and O–H groups in total. The number of hydrogen-bond acceptors (Lipinski definition) is 1. The summed E-state index contributed by atoms with van der Waals surface area (Å²) in [5.41, 5.74) is 6.72. The van der Waals surface area contributed by atoms with E-state index in [0.29, 0.717) is 5.70 Å². The van der Waals surface area contributed by atoms with Crippen molar-refractivity contribution in [1.82, 2.24) is 5.32 Å². The van der Waals surface area contributed by atoms with Crippen LogP contribution in [0, 0.1) is 12.3 Å². The lowest BCUT2D eigenvalue weighted by Crippen LogP contribution is -2.27. The second kappa shape index (κ2) is 25.2. The number of primary amides is 1. The first-order valence-electron chi connectivity index (χ1n) is 6.64. The van der Waals surface area contributed by atoms with Gasteiger partial charge in [0.15, 0.2) is 0 Å². The largest absolute Gasteiger partial charge is 0.351 e. The number of nitrogens with one attached hydrogen (secondary N) is 1. The van der Waals surface area contributed by atoms with E-state index in [0.717, 1.165) is 0 Å². The molecule has 0 spiro atoms. The predicted molar refractivity (Wildman–Crippen MR) is 87.7 cm³/mol. The average Bonchev–Trinajstić information content (AvgIpc) is 2.32. The minimum Gasteiger partial charge on any atom is -0.351 e. The summed E-state index contributed by atoms with van der Waals surface area (Å²) in [6.07, 6.45) is 9.64. The van der Waals surface area contributed by atoms with Crippen molar-refractivity contribution in [2.24, 2.45) is 5.73 Å². The third-order valence-corrected chi connectivity index (χ3v) is 1.20. The van der Waals surface area contributed by atoms with Crippen LogP contribution < -0.4 is 11.1 Å². The van der Waals surface area contributed by atoms with E-state index in [4.69, 9.17) is 12.2 Å². The summed E-state index contributed by atoms with van der Waals surface area (Å²) in [5, 5.41) is 2.30. The minimum absolute atomic E-state index is 0.574. The van der Waals surface area contributed by atoms with Crippen LogP contribution in [-0.2, 0) is 0 Å². The van der Waals surface area contributed by atoms with E-state index in [2.05, 4.69) is 45.0 Å². The number of amides is 2. The van der Waals surface area contributed by atoms with E-state index in [1.165, 1.54) is 18.1 Å². The van der Waals surface area contributed by atoms with Crippen molar-refractivity contribution in [2.75, 3.05) is 0 Å². The van der Waals surface area contributed by atoms with Gasteiger partial charge in [-0.3, -0.25) is 0 Å². The molecule has 3 heteroatoms. The number of rotatable bonds is 1. The molecule has 0 rings (SSSR count). The molecule has 0 aromatic heterocycles. The Morgan fingerprint density at radius 2 is 1.58 bits per heavy atom. The van der Waals surface area contributed by atoms with Crippen LogP contribution in [0.4, 0.5) is 4.79 Å². The zero-order chi connectivity index (χ0) is 16.3. The molecule has 0 fully saturated rings. The van der Waals surface area contributed by atoms with Crippen LogP contribution in [0.15, 0.2) is 23.4 Å². The molecule has 0 unspecified atom stereocenters. The molecule has 0 aromatic rings. The third-order valence-electron chi connectivity index (χ3n) is 1.20. The standard InChI is InChI=1S/C6H8N2O.C5H10.C3H8.C2H6/c1-3-4-5(2)8-6(7)9;1-4-5(2)3;1-3-2;1-2/h1,4H,2H3,(H3,7,8,9);4H,1-3H3;3H2,1-2H3;1-2H3/b5-4+;;;. The fourth-order valence-corrected chi connectivity index (χ4v) is 0.355. The summed E-state index contributed by atoms with van der Waals surface area (Å²) in [5.74, 6) is 2.24. The Morgan fingerprint density at radius 3 is 1.74 bits per heavy atom. The summed E-state index contributed by atoms with van der Waals surface area (Å²) in [6.45, 7) is 16.1. The molecule has 0 saturated carbocycles. The lowest BCUT2D eigenvalue weighted by Gasteiger charge is -1.96. The highest BCUT2D eigenvalue weighted by molar-refractivity contribution is 5.73. The molecule has 0 heterocycles. The van der Waals surface area contributed by atoms with Crippen molar-refractivity contribution < 1.29 is 4.79 Å². The van der Waals surface area contributed by atoms with Crippen LogP contribution in [0.25, 0.3) is 0 Å². The number of carbonyl (C=O) groups excluding carboxylic acids is 1. The van der Waals surface area contributed by atoms with Gasteiger partial charge in [0.2, 0.25) is 0 Å². The molecule has 112 valence electrons. The predicted octanol–water partition coefficient (Wildman–Crippen LogP) is 4.61. The van der Waals surface area contributed by atoms with Gasteiger partial charge < -0.3 is 11.1 Å². The highest BCUT2D eigenvalue weighted by atomic mass is 16.2. The molecule has 3 nitrogen and oxygen atoms in total. The lowest BCUT2D eigenvalue weighted by atomic mass is 10.3. The van der Waals surface area contributed by atoms with Crippen LogP contribution in [-0.4, -0.2) is 6.03 Å². The third kappa shape index (κ3) is 62.5. The Balaban J connectivity index is -0.0000000952. The van der Waals surface area contributed by atoms with E-state index in [-0.39, 0.29) is 0 Å². The van der Waals surface area contributed by atoms with E-state index in [1.807, 2.05) is 20.8 Å². The van der Waals surface area contributed by atoms with Gasteiger partial charge in [0, 0.05) is 11.8 Å². The summed E-state index contributed by atoms with van der Waals surface area (Å²) < 4.78 is 0. The molecule has 0 saturated heterocycles. The van der Waals surface area contributed by atoms with Gasteiger partial charge in [0.25, 0.3) is 0 Å². The van der Waals surface area contributed by atoms with Crippen LogP contribution >= 0.6 is 0 Å². The van der Waals surface area contributed by atoms with E-state index in [9.17, 15) is 4.79 Å². The maximum atomic E-state index is 10.1. The van der Waals surface area contributed by atoms with Gasteiger partial charge in [-0.1, -0.05) is 51.7 Å². The van der Waals surface area contributed by atoms with Gasteiger partial charge in [-0.05, 0) is 27.7 Å². The van der Waals surface area contributed by atoms with Crippen molar-refractivity contribution in [1.29, 1.82) is 0 Å². The van der Waals surface area contributed by atoms with E-state index >= 15 is 0 Å². The normalized spacial score (nSPS) is 7.84. The summed E-state index contributed by atoms with van der Waals surface area (Å²) in [4.78, 5) is 10.1. The molecule has 0 bridgehead atoms. The monoisotopic (exact) mass is 268 g/mol. The van der Waals surface area contributed by atoms with E-state index < -0.39 is 6.03 Å². The van der Waals surface area contributed by atoms with Crippen molar-refractivity contribution >= 4 is 6.03 Å². The molecule has 0 aliphatic heterocycles. The average molecular weight is 268 g/mol. The topological polar surface area (TPSA) is 55.1 Å².